The van der Waals surface area contributed by atoms with Gasteiger partial charge >= 0.3 is 0 Å². The van der Waals surface area contributed by atoms with Gasteiger partial charge in [0.15, 0.2) is 5.17 Å². The highest BCUT2D eigenvalue weighted by Crippen LogP contribution is 2.05. The van der Waals surface area contributed by atoms with Crippen LogP contribution in [0.1, 0.15) is 0 Å². The SMILES string of the molecule is SC1=NCCN1S. The van der Waals surface area contributed by atoms with Gasteiger partial charge in [0, 0.05) is 0 Å². The lowest BCUT2D eigenvalue weighted by Crippen LogP contribution is -2.10. The zero-order valence-electron chi connectivity index (χ0n) is 3.70. The van der Waals surface area contributed by atoms with E-state index in [0.29, 0.717) is 0 Å². The first kappa shape index (κ1) is 5.31. The van der Waals surface area contributed by atoms with Crippen molar-refractivity contribution in [1.82, 2.24) is 4.31 Å². The first-order valence-electron chi connectivity index (χ1n) is 2.00. The van der Waals surface area contributed by atoms with Gasteiger partial charge in [0.25, 0.3) is 0 Å². The molecule has 0 amide bonds. The molecule has 0 unspecified atom stereocenters. The summed E-state index contributed by atoms with van der Waals surface area (Å²) >= 11 is 8.00. The van der Waals surface area contributed by atoms with E-state index < -0.39 is 0 Å². The van der Waals surface area contributed by atoms with Gasteiger partial charge in [-0.2, -0.15) is 0 Å². The van der Waals surface area contributed by atoms with Gasteiger partial charge in [-0.25, -0.2) is 0 Å². The van der Waals surface area contributed by atoms with Crippen LogP contribution in [0.4, 0.5) is 0 Å². The Labute approximate surface area is 53.6 Å². The molecule has 4 heteroatoms. The van der Waals surface area contributed by atoms with Crippen LogP contribution in [-0.4, -0.2) is 22.6 Å². The summed E-state index contributed by atoms with van der Waals surface area (Å²) in [4.78, 5) is 3.95. The van der Waals surface area contributed by atoms with E-state index in [1.165, 1.54) is 0 Å². The van der Waals surface area contributed by atoms with Crippen molar-refractivity contribution >= 4 is 30.6 Å². The molecule has 0 aromatic rings. The predicted octanol–water partition coefficient (Wildman–Crippen LogP) is 0.433. The summed E-state index contributed by atoms with van der Waals surface area (Å²) in [6, 6.07) is 0. The number of hydrogen-bond acceptors (Lipinski definition) is 3. The highest BCUT2D eigenvalue weighted by molar-refractivity contribution is 7.98. The second-order valence-electron chi connectivity index (χ2n) is 1.30. The third kappa shape index (κ3) is 1.04. The quantitative estimate of drug-likeness (QED) is 0.459. The molecule has 0 aromatic heterocycles. The van der Waals surface area contributed by atoms with Crippen molar-refractivity contribution in [3.63, 3.8) is 0 Å². The van der Waals surface area contributed by atoms with Crippen LogP contribution in [0, 0.1) is 0 Å². The fraction of sp³-hybridized carbons (Fsp3) is 0.667. The third-order valence-electron chi connectivity index (χ3n) is 0.796. The fourth-order valence-electron chi connectivity index (χ4n) is 0.426. The molecule has 1 aliphatic heterocycles. The van der Waals surface area contributed by atoms with Crippen LogP contribution in [0.25, 0.3) is 0 Å². The van der Waals surface area contributed by atoms with E-state index in [2.05, 4.69) is 30.4 Å². The average molecular weight is 134 g/mol. The maximum Gasteiger partial charge on any atom is 0.166 e. The van der Waals surface area contributed by atoms with Gasteiger partial charge in [-0.1, -0.05) is 12.8 Å². The smallest absolute Gasteiger partial charge is 0.166 e. The van der Waals surface area contributed by atoms with Crippen molar-refractivity contribution in [2.75, 3.05) is 13.1 Å². The third-order valence-corrected chi connectivity index (χ3v) is 1.73. The van der Waals surface area contributed by atoms with E-state index >= 15 is 0 Å². The molecule has 1 rings (SSSR count). The van der Waals surface area contributed by atoms with Crippen molar-refractivity contribution in [3.8, 4) is 0 Å². The maximum absolute atomic E-state index is 4.01. The lowest BCUT2D eigenvalue weighted by Gasteiger charge is -2.04. The molecule has 40 valence electrons. The summed E-state index contributed by atoms with van der Waals surface area (Å²) in [5.41, 5.74) is 0. The minimum atomic E-state index is 0.725. The summed E-state index contributed by atoms with van der Waals surface area (Å²) in [5, 5.41) is 0.725. The average Bonchev–Trinajstić information content (AvgIpc) is 1.91. The minimum Gasteiger partial charge on any atom is -0.296 e. The summed E-state index contributed by atoms with van der Waals surface area (Å²) < 4.78 is 1.71. The van der Waals surface area contributed by atoms with Gasteiger partial charge in [0.2, 0.25) is 0 Å². The molecule has 0 N–H and O–H groups in total. The lowest BCUT2D eigenvalue weighted by molar-refractivity contribution is 0.754. The molecule has 0 spiro atoms. The Morgan fingerprint density at radius 3 is 2.57 bits per heavy atom. The first-order chi connectivity index (χ1) is 3.30. The minimum absolute atomic E-state index is 0.725. The molecule has 0 atom stereocenters. The fourth-order valence-corrected chi connectivity index (χ4v) is 0.779. The number of thiol groups is 2. The zero-order valence-corrected chi connectivity index (χ0v) is 5.49. The van der Waals surface area contributed by atoms with Crippen molar-refractivity contribution in [3.05, 3.63) is 0 Å². The number of amidine groups is 1. The van der Waals surface area contributed by atoms with E-state index in [0.717, 1.165) is 18.3 Å². The summed E-state index contributed by atoms with van der Waals surface area (Å²) in [5.74, 6) is 0. The standard InChI is InChI=1S/C3H6N2S2/c6-3-4-1-2-5(3)7/h7H,1-2H2,(H,4,6). The van der Waals surface area contributed by atoms with Gasteiger partial charge in [-0.3, -0.25) is 9.30 Å². The van der Waals surface area contributed by atoms with Crippen LogP contribution in [0.2, 0.25) is 0 Å². The Morgan fingerprint density at radius 1 is 1.71 bits per heavy atom. The van der Waals surface area contributed by atoms with Crippen LogP contribution in [0.3, 0.4) is 0 Å². The molecule has 0 fully saturated rings. The van der Waals surface area contributed by atoms with Crippen LogP contribution in [0.5, 0.6) is 0 Å². The topological polar surface area (TPSA) is 15.6 Å². The van der Waals surface area contributed by atoms with Gasteiger partial charge < -0.3 is 0 Å². The molecule has 7 heavy (non-hydrogen) atoms. The summed E-state index contributed by atoms with van der Waals surface area (Å²) in [6.45, 7) is 1.73. The van der Waals surface area contributed by atoms with Crippen LogP contribution in [0.15, 0.2) is 4.99 Å². The molecular formula is C3H6N2S2. The maximum atomic E-state index is 4.01. The second kappa shape index (κ2) is 1.96. The largest absolute Gasteiger partial charge is 0.296 e. The van der Waals surface area contributed by atoms with Crippen LogP contribution >= 0.6 is 25.4 Å². The Kier molecular flexibility index (Phi) is 1.49. The molecule has 0 saturated carbocycles. The Bertz CT molecular complexity index is 101. The molecule has 0 bridgehead atoms. The number of hydrogen-bond donors (Lipinski definition) is 2. The van der Waals surface area contributed by atoms with Crippen molar-refractivity contribution in [2.24, 2.45) is 4.99 Å². The van der Waals surface area contributed by atoms with Crippen molar-refractivity contribution < 1.29 is 0 Å². The van der Waals surface area contributed by atoms with E-state index in [4.69, 9.17) is 0 Å². The Hall–Kier alpha value is 0.170. The first-order valence-corrected chi connectivity index (χ1v) is 2.85. The van der Waals surface area contributed by atoms with E-state index in [-0.39, 0.29) is 0 Å². The van der Waals surface area contributed by atoms with Gasteiger partial charge in [-0.05, 0) is 0 Å². The monoisotopic (exact) mass is 134 g/mol. The number of aliphatic imine (C=N–C) groups is 1. The van der Waals surface area contributed by atoms with E-state index in [9.17, 15) is 0 Å². The van der Waals surface area contributed by atoms with E-state index in [1.54, 1.807) is 4.31 Å². The normalized spacial score (nSPS) is 20.3. The predicted molar refractivity (Wildman–Crippen MR) is 37.0 cm³/mol. The molecule has 2 nitrogen and oxygen atoms in total. The summed E-state index contributed by atoms with van der Waals surface area (Å²) in [6.07, 6.45) is 0. The highest BCUT2D eigenvalue weighted by Gasteiger charge is 2.06. The van der Waals surface area contributed by atoms with Gasteiger partial charge in [0.1, 0.15) is 0 Å². The molecule has 0 saturated heterocycles. The van der Waals surface area contributed by atoms with Crippen molar-refractivity contribution in [2.45, 2.75) is 0 Å². The van der Waals surface area contributed by atoms with E-state index in [1.807, 2.05) is 0 Å². The zero-order chi connectivity index (χ0) is 5.28. The van der Waals surface area contributed by atoms with Gasteiger partial charge in [0.05, 0.1) is 13.1 Å². The lowest BCUT2D eigenvalue weighted by atomic mass is 10.7. The Morgan fingerprint density at radius 2 is 2.43 bits per heavy atom. The molecule has 1 heterocycles. The second-order valence-corrected chi connectivity index (χ2v) is 2.19. The molecule has 0 aliphatic carbocycles. The number of nitrogens with zero attached hydrogens (tertiary/aromatic N) is 2. The van der Waals surface area contributed by atoms with Gasteiger partial charge in [-0.15, -0.1) is 12.6 Å². The molecule has 0 aromatic carbocycles. The summed E-state index contributed by atoms with van der Waals surface area (Å²) in [7, 11) is 0. The van der Waals surface area contributed by atoms with Crippen LogP contribution in [-0.2, 0) is 0 Å². The highest BCUT2D eigenvalue weighted by atomic mass is 32.1. The molecular weight excluding hydrogens is 128 g/mol. The van der Waals surface area contributed by atoms with Crippen LogP contribution < -0.4 is 0 Å². The Balaban J connectivity index is 2.54. The molecule has 0 radical (unpaired) electrons. The molecule has 1 aliphatic rings. The number of rotatable bonds is 0. The van der Waals surface area contributed by atoms with Crippen molar-refractivity contribution in [1.29, 1.82) is 0 Å².